The van der Waals surface area contributed by atoms with Gasteiger partial charge >= 0.3 is 0 Å². The molecule has 4 nitrogen and oxygen atoms in total. The Bertz CT molecular complexity index is 391. The largest absolute Gasteiger partial charge is 0.365 e. The Balaban J connectivity index is 2.57. The van der Waals surface area contributed by atoms with Crippen molar-refractivity contribution in [2.45, 2.75) is 12.2 Å². The third kappa shape index (κ3) is 1.42. The van der Waals surface area contributed by atoms with Crippen LogP contribution in [0.15, 0.2) is 24.3 Å². The van der Waals surface area contributed by atoms with Gasteiger partial charge < -0.3 is 15.2 Å². The van der Waals surface area contributed by atoms with Crippen molar-refractivity contribution >= 4 is 5.91 Å². The van der Waals surface area contributed by atoms with Crippen LogP contribution in [0, 0.1) is 0 Å². The van der Waals surface area contributed by atoms with Crippen molar-refractivity contribution in [2.24, 2.45) is 5.73 Å². The zero-order chi connectivity index (χ0) is 10.9. The predicted octanol–water partition coefficient (Wildman–Crippen LogP) is 0.544. The lowest BCUT2D eigenvalue weighted by molar-refractivity contribution is -0.228. The summed E-state index contributed by atoms with van der Waals surface area (Å²) in [4.78, 5) is 11.4. The Hall–Kier alpha value is -1.39. The maximum atomic E-state index is 11.4. The van der Waals surface area contributed by atoms with Crippen LogP contribution in [0.4, 0.5) is 0 Å². The van der Waals surface area contributed by atoms with Gasteiger partial charge in [0.2, 0.25) is 0 Å². The van der Waals surface area contributed by atoms with Crippen LogP contribution in [-0.4, -0.2) is 19.6 Å². The number of nitrogens with two attached hydrogens (primary N) is 1. The van der Waals surface area contributed by atoms with Crippen LogP contribution in [0.3, 0.4) is 0 Å². The van der Waals surface area contributed by atoms with Crippen LogP contribution >= 0.6 is 0 Å². The number of benzene rings is 1. The summed E-state index contributed by atoms with van der Waals surface area (Å²) in [5, 5.41) is 0. The molecule has 0 bridgehead atoms. The average Bonchev–Trinajstić information content (AvgIpc) is 2.28. The summed E-state index contributed by atoms with van der Waals surface area (Å²) >= 11 is 0. The first-order valence-electron chi connectivity index (χ1n) is 4.78. The maximum Gasteiger partial charge on any atom is 0.282 e. The van der Waals surface area contributed by atoms with Gasteiger partial charge in [-0.15, -0.1) is 0 Å². The van der Waals surface area contributed by atoms with Gasteiger partial charge in [0.1, 0.15) is 0 Å². The van der Waals surface area contributed by atoms with E-state index in [0.29, 0.717) is 12.2 Å². The topological polar surface area (TPSA) is 61.5 Å². The number of primary amides is 1. The fourth-order valence-corrected chi connectivity index (χ4v) is 1.92. The van der Waals surface area contributed by atoms with Gasteiger partial charge in [0, 0.05) is 12.7 Å². The highest BCUT2D eigenvalue weighted by Crippen LogP contribution is 2.33. The van der Waals surface area contributed by atoms with Gasteiger partial charge in [-0.1, -0.05) is 24.3 Å². The molecule has 2 N–H and O–H groups in total. The molecule has 1 aromatic carbocycles. The Morgan fingerprint density at radius 2 is 2.27 bits per heavy atom. The lowest BCUT2D eigenvalue weighted by atomic mass is 9.94. The summed E-state index contributed by atoms with van der Waals surface area (Å²) in [5.74, 6) is -2.02. The quantitative estimate of drug-likeness (QED) is 0.770. The molecule has 4 heteroatoms. The van der Waals surface area contributed by atoms with E-state index in [9.17, 15) is 4.79 Å². The molecule has 0 spiro atoms. The number of ether oxygens (including phenoxy) is 2. The second kappa shape index (κ2) is 3.64. The third-order valence-electron chi connectivity index (χ3n) is 2.66. The normalized spacial score (nSPS) is 24.6. The number of carbonyl (C=O) groups excluding carboxylic acids is 1. The van der Waals surface area contributed by atoms with Crippen molar-refractivity contribution in [3.63, 3.8) is 0 Å². The zero-order valence-corrected chi connectivity index (χ0v) is 8.53. The molecule has 0 radical (unpaired) electrons. The van der Waals surface area contributed by atoms with Crippen molar-refractivity contribution in [2.75, 3.05) is 13.7 Å². The highest BCUT2D eigenvalue weighted by Gasteiger charge is 2.43. The first kappa shape index (κ1) is 10.1. The van der Waals surface area contributed by atoms with Crippen LogP contribution in [0.2, 0.25) is 0 Å². The number of carbonyl (C=O) groups is 1. The zero-order valence-electron chi connectivity index (χ0n) is 8.53. The molecule has 0 aliphatic carbocycles. The van der Waals surface area contributed by atoms with E-state index in [2.05, 4.69) is 0 Å². The molecule has 0 fully saturated rings. The Morgan fingerprint density at radius 1 is 1.53 bits per heavy atom. The standard InChI is InChI=1S/C11H13NO3/c1-14-11(10(12)13)9-5-3-2-4-8(9)6-7-15-11/h2-5H,6-7H2,1H3,(H2,12,13). The maximum absolute atomic E-state index is 11.4. The first-order chi connectivity index (χ1) is 7.20. The van der Waals surface area contributed by atoms with E-state index < -0.39 is 11.7 Å². The van der Waals surface area contributed by atoms with Gasteiger partial charge in [-0.2, -0.15) is 0 Å². The molecule has 1 unspecified atom stereocenters. The molecule has 1 heterocycles. The van der Waals surface area contributed by atoms with Crippen molar-refractivity contribution in [1.82, 2.24) is 0 Å². The molecule has 0 aromatic heterocycles. The highest BCUT2D eigenvalue weighted by atomic mass is 16.7. The van der Waals surface area contributed by atoms with E-state index in [-0.39, 0.29) is 0 Å². The fourth-order valence-electron chi connectivity index (χ4n) is 1.92. The van der Waals surface area contributed by atoms with E-state index in [4.69, 9.17) is 15.2 Å². The fraction of sp³-hybridized carbons (Fsp3) is 0.364. The molecule has 2 rings (SSSR count). The van der Waals surface area contributed by atoms with Crippen LogP contribution in [0.1, 0.15) is 11.1 Å². The first-order valence-corrected chi connectivity index (χ1v) is 4.78. The Labute approximate surface area is 88.0 Å². The number of amides is 1. The molecule has 0 saturated carbocycles. The predicted molar refractivity (Wildman–Crippen MR) is 54.0 cm³/mol. The van der Waals surface area contributed by atoms with E-state index in [1.54, 1.807) is 0 Å². The number of fused-ring (bicyclic) bond motifs is 1. The molecular weight excluding hydrogens is 194 g/mol. The second-order valence-corrected chi connectivity index (χ2v) is 3.44. The summed E-state index contributed by atoms with van der Waals surface area (Å²) in [6.45, 7) is 0.438. The number of rotatable bonds is 2. The molecule has 1 atom stereocenters. The summed E-state index contributed by atoms with van der Waals surface area (Å²) in [7, 11) is 1.42. The van der Waals surface area contributed by atoms with Crippen LogP contribution < -0.4 is 5.73 Å². The molecule has 1 aliphatic rings. The summed E-state index contributed by atoms with van der Waals surface area (Å²) in [5.41, 5.74) is 7.10. The second-order valence-electron chi connectivity index (χ2n) is 3.44. The lowest BCUT2D eigenvalue weighted by Crippen LogP contribution is -2.48. The minimum Gasteiger partial charge on any atom is -0.365 e. The SMILES string of the molecule is COC1(C(N)=O)OCCc2ccccc21. The Morgan fingerprint density at radius 3 is 2.93 bits per heavy atom. The summed E-state index contributed by atoms with van der Waals surface area (Å²) < 4.78 is 10.6. The van der Waals surface area contributed by atoms with Crippen molar-refractivity contribution in [3.05, 3.63) is 35.4 Å². The van der Waals surface area contributed by atoms with Gasteiger partial charge in [-0.05, 0) is 12.0 Å². The van der Waals surface area contributed by atoms with Crippen LogP contribution in [0.25, 0.3) is 0 Å². The Kier molecular flexibility index (Phi) is 2.46. The summed E-state index contributed by atoms with van der Waals surface area (Å²) in [6, 6.07) is 7.52. The highest BCUT2D eigenvalue weighted by molar-refractivity contribution is 5.84. The molecule has 80 valence electrons. The summed E-state index contributed by atoms with van der Waals surface area (Å²) in [6.07, 6.45) is 0.772. The van der Waals surface area contributed by atoms with Gasteiger partial charge in [0.15, 0.2) is 0 Å². The van der Waals surface area contributed by atoms with E-state index in [1.165, 1.54) is 7.11 Å². The van der Waals surface area contributed by atoms with Gasteiger partial charge in [-0.3, -0.25) is 4.79 Å². The molecule has 0 saturated heterocycles. The van der Waals surface area contributed by atoms with Crippen molar-refractivity contribution in [1.29, 1.82) is 0 Å². The number of methoxy groups -OCH3 is 1. The average molecular weight is 207 g/mol. The minimum absolute atomic E-state index is 0.438. The van der Waals surface area contributed by atoms with Crippen LogP contribution in [-0.2, 0) is 26.5 Å². The van der Waals surface area contributed by atoms with E-state index in [1.807, 2.05) is 24.3 Å². The van der Waals surface area contributed by atoms with Gasteiger partial charge in [0.05, 0.1) is 6.61 Å². The van der Waals surface area contributed by atoms with Crippen LogP contribution in [0.5, 0.6) is 0 Å². The monoisotopic (exact) mass is 207 g/mol. The minimum atomic E-state index is -1.41. The third-order valence-corrected chi connectivity index (χ3v) is 2.66. The molecule has 1 aliphatic heterocycles. The number of hydrogen-bond acceptors (Lipinski definition) is 3. The molecular formula is C11H13NO3. The van der Waals surface area contributed by atoms with E-state index in [0.717, 1.165) is 12.0 Å². The van der Waals surface area contributed by atoms with E-state index >= 15 is 0 Å². The molecule has 1 amide bonds. The van der Waals surface area contributed by atoms with Crippen molar-refractivity contribution in [3.8, 4) is 0 Å². The lowest BCUT2D eigenvalue weighted by Gasteiger charge is -2.34. The number of hydrogen-bond donors (Lipinski definition) is 1. The van der Waals surface area contributed by atoms with Gasteiger partial charge in [0.25, 0.3) is 11.7 Å². The molecule has 15 heavy (non-hydrogen) atoms. The van der Waals surface area contributed by atoms with Gasteiger partial charge in [-0.25, -0.2) is 0 Å². The van der Waals surface area contributed by atoms with Crippen molar-refractivity contribution < 1.29 is 14.3 Å². The smallest absolute Gasteiger partial charge is 0.282 e. The molecule has 1 aromatic rings.